The van der Waals surface area contributed by atoms with Crippen LogP contribution in [-0.4, -0.2) is 173 Å². The lowest BCUT2D eigenvalue weighted by atomic mass is 9.97. The minimum atomic E-state index is -1.81. The number of nitrogens with two attached hydrogens (primary N) is 4. The normalized spacial score (nSPS) is 15.2. The van der Waals surface area contributed by atoms with Crippen LogP contribution in [0.3, 0.4) is 0 Å². The van der Waals surface area contributed by atoms with Crippen LogP contribution >= 0.6 is 11.8 Å². The quantitative estimate of drug-likeness (QED) is 0.0156. The van der Waals surface area contributed by atoms with Gasteiger partial charge >= 0.3 is 11.9 Å². The highest BCUT2D eigenvalue weighted by molar-refractivity contribution is 7.98. The third kappa shape index (κ3) is 27.6. The molecule has 11 atom stereocenters. The van der Waals surface area contributed by atoms with Crippen LogP contribution in [0.1, 0.15) is 113 Å². The predicted molar refractivity (Wildman–Crippen MR) is 285 cm³/mol. The lowest BCUT2D eigenvalue weighted by Crippen LogP contribution is -2.61. The average molecular weight is 1130 g/mol. The number of carbonyl (C=O) groups is 13. The number of rotatable bonds is 39. The van der Waals surface area contributed by atoms with E-state index in [1.807, 2.05) is 0 Å². The number of hydrogen-bond acceptors (Lipinski definition) is 16. The monoisotopic (exact) mass is 1130 g/mol. The Hall–Kier alpha value is -7.31. The van der Waals surface area contributed by atoms with Crippen molar-refractivity contribution in [1.29, 1.82) is 5.41 Å². The fourth-order valence-corrected chi connectivity index (χ4v) is 7.51. The second-order valence-electron chi connectivity index (χ2n) is 19.0. The maximum Gasteiger partial charge on any atom is 0.322 e. The van der Waals surface area contributed by atoms with E-state index in [-0.39, 0.29) is 38.1 Å². The largest absolute Gasteiger partial charge is 0.481 e. The van der Waals surface area contributed by atoms with Crippen molar-refractivity contribution in [2.45, 2.75) is 167 Å². The molecule has 0 radical (unpaired) electrons. The average Bonchev–Trinajstić information content (AvgIpc) is 3.36. The molecule has 0 unspecified atom stereocenters. The van der Waals surface area contributed by atoms with Crippen LogP contribution in [0.25, 0.3) is 0 Å². The summed E-state index contributed by atoms with van der Waals surface area (Å²) in [5.41, 5.74) is 22.2. The second-order valence-corrected chi connectivity index (χ2v) is 20.0. The molecule has 0 aliphatic heterocycles. The molecule has 0 bridgehead atoms. The molecular weight excluding hydrogens is 1050 g/mol. The number of aliphatic carboxylic acids is 2. The molecule has 0 saturated carbocycles. The molecule has 0 spiro atoms. The Morgan fingerprint density at radius 2 is 0.936 bits per heavy atom. The van der Waals surface area contributed by atoms with Gasteiger partial charge in [0.25, 0.3) is 0 Å². The number of nitrogens with one attached hydrogen (secondary N) is 11. The summed E-state index contributed by atoms with van der Waals surface area (Å²) in [4.78, 5) is 170. The van der Waals surface area contributed by atoms with Crippen molar-refractivity contribution >= 4 is 94.6 Å². The third-order valence-corrected chi connectivity index (χ3v) is 12.9. The van der Waals surface area contributed by atoms with E-state index < -0.39 is 188 Å². The van der Waals surface area contributed by atoms with Gasteiger partial charge in [-0.25, -0.2) is 0 Å². The summed E-state index contributed by atoms with van der Waals surface area (Å²) < 4.78 is 0. The predicted octanol–water partition coefficient (Wildman–Crippen LogP) is -4.82. The summed E-state index contributed by atoms with van der Waals surface area (Å²) in [7, 11) is 0. The van der Waals surface area contributed by atoms with E-state index in [4.69, 9.17) is 33.5 Å². The Balaban J connectivity index is 6.97. The highest BCUT2D eigenvalue weighted by atomic mass is 32.2. The highest BCUT2D eigenvalue weighted by Gasteiger charge is 2.37. The van der Waals surface area contributed by atoms with E-state index in [1.54, 1.807) is 47.8 Å². The van der Waals surface area contributed by atoms with E-state index in [9.17, 15) is 67.4 Å². The lowest BCUT2D eigenvalue weighted by molar-refractivity contribution is -0.139. The van der Waals surface area contributed by atoms with Crippen LogP contribution < -0.4 is 76.1 Å². The first-order valence-electron chi connectivity index (χ1n) is 25.4. The molecule has 0 aromatic rings. The summed E-state index contributed by atoms with van der Waals surface area (Å²) >= 11 is 1.36. The van der Waals surface area contributed by atoms with Crippen molar-refractivity contribution in [3.8, 4) is 0 Å². The Morgan fingerprint density at radius 1 is 0.500 bits per heavy atom. The number of thioether (sulfide) groups is 1. The number of hydrogen-bond donors (Lipinski definition) is 17. The molecule has 0 fully saturated rings. The summed E-state index contributed by atoms with van der Waals surface area (Å²) in [6.45, 7) is 10.6. The second kappa shape index (κ2) is 36.7. The van der Waals surface area contributed by atoms with Crippen LogP contribution in [0.4, 0.5) is 0 Å². The van der Waals surface area contributed by atoms with Gasteiger partial charge in [-0.15, -0.1) is 0 Å². The highest BCUT2D eigenvalue weighted by Crippen LogP contribution is 2.14. The van der Waals surface area contributed by atoms with Gasteiger partial charge in [0.2, 0.25) is 65.0 Å². The molecule has 31 heteroatoms. The van der Waals surface area contributed by atoms with Crippen molar-refractivity contribution in [1.82, 2.24) is 53.2 Å². The van der Waals surface area contributed by atoms with Gasteiger partial charge < -0.3 is 86.3 Å². The number of carboxylic acid groups (broad SMARTS) is 2. The number of carboxylic acids is 2. The smallest absolute Gasteiger partial charge is 0.322 e. The molecule has 78 heavy (non-hydrogen) atoms. The van der Waals surface area contributed by atoms with Crippen LogP contribution in [0.2, 0.25) is 0 Å². The van der Waals surface area contributed by atoms with Gasteiger partial charge in [0, 0.05) is 19.4 Å². The minimum Gasteiger partial charge on any atom is -0.481 e. The zero-order valence-corrected chi connectivity index (χ0v) is 46.4. The van der Waals surface area contributed by atoms with E-state index in [1.165, 1.54) is 18.7 Å². The molecule has 0 aliphatic carbocycles. The Labute approximate surface area is 457 Å². The van der Waals surface area contributed by atoms with E-state index in [2.05, 4.69) is 53.2 Å². The summed E-state index contributed by atoms with van der Waals surface area (Å²) in [5, 5.41) is 50.4. The summed E-state index contributed by atoms with van der Waals surface area (Å²) in [6, 6.07) is -12.9. The fourth-order valence-electron chi connectivity index (χ4n) is 7.04. The summed E-state index contributed by atoms with van der Waals surface area (Å²) in [5.74, 6) is -14.9. The topological polar surface area (TPSA) is 511 Å². The molecule has 0 rings (SSSR count). The molecule has 11 amide bonds. The molecule has 0 aliphatic rings. The molecule has 0 aromatic heterocycles. The molecule has 0 heterocycles. The van der Waals surface area contributed by atoms with E-state index >= 15 is 0 Å². The molecule has 30 nitrogen and oxygen atoms in total. The van der Waals surface area contributed by atoms with Gasteiger partial charge in [0.1, 0.15) is 54.9 Å². The molecule has 0 aromatic carbocycles. The van der Waals surface area contributed by atoms with Gasteiger partial charge in [-0.2, -0.15) is 11.8 Å². The number of guanidine groups is 1. The molecule has 21 N–H and O–H groups in total. The first kappa shape index (κ1) is 70.7. The minimum absolute atomic E-state index is 0.00917. The van der Waals surface area contributed by atoms with Crippen molar-refractivity contribution in [2.24, 2.45) is 40.7 Å². The van der Waals surface area contributed by atoms with Gasteiger partial charge in [-0.05, 0) is 68.8 Å². The van der Waals surface area contributed by atoms with Crippen LogP contribution in [-0.2, 0) is 62.3 Å². The first-order chi connectivity index (χ1) is 36.4. The van der Waals surface area contributed by atoms with Crippen molar-refractivity contribution in [3.63, 3.8) is 0 Å². The third-order valence-electron chi connectivity index (χ3n) is 12.3. The maximum absolute atomic E-state index is 14.2. The number of primary amides is 2. The molecule has 0 saturated heterocycles. The lowest BCUT2D eigenvalue weighted by Gasteiger charge is -2.29. The zero-order chi connectivity index (χ0) is 60.0. The Bertz CT molecular complexity index is 2120. The summed E-state index contributed by atoms with van der Waals surface area (Å²) in [6.07, 6.45) is -1.04. The van der Waals surface area contributed by atoms with Crippen LogP contribution in [0.5, 0.6) is 0 Å². The number of amides is 11. The number of carbonyl (C=O) groups excluding carboxylic acids is 11. The fraction of sp³-hybridized carbons (Fsp3) is 0.702. The van der Waals surface area contributed by atoms with Gasteiger partial charge in [-0.3, -0.25) is 67.7 Å². The Kier molecular flexibility index (Phi) is 33.2. The first-order valence-corrected chi connectivity index (χ1v) is 26.8. The van der Waals surface area contributed by atoms with Crippen molar-refractivity contribution in [2.75, 3.05) is 25.1 Å². The molecule has 442 valence electrons. The van der Waals surface area contributed by atoms with Gasteiger partial charge in [0.15, 0.2) is 5.96 Å². The van der Waals surface area contributed by atoms with Gasteiger partial charge in [0.05, 0.1) is 12.5 Å². The van der Waals surface area contributed by atoms with Gasteiger partial charge in [-0.1, -0.05) is 54.4 Å². The van der Waals surface area contributed by atoms with Crippen LogP contribution in [0.15, 0.2) is 0 Å². The zero-order valence-electron chi connectivity index (χ0n) is 45.5. The maximum atomic E-state index is 14.2. The van der Waals surface area contributed by atoms with E-state index in [0.717, 1.165) is 0 Å². The van der Waals surface area contributed by atoms with Crippen molar-refractivity contribution < 1.29 is 72.5 Å². The SMILES string of the molecule is CC[C@H](C)[C@H](NC(=O)[C@H](CCC(=O)O)NC(=O)[C@H](CCC(N)=O)NC(=O)[C@H](CCCNC(=N)N)NC(=O)[C@H](CC(N)=O)NC(=O)[C@@H](NC(=O)[C@H](CCSC)NC(=O)[C@H](C)NC(=O)[C@@H](N)C(C)C)[C@@H](C)CC)C(=O)NCC(=O)O. The molecular formula is C47H83N15O15S. The van der Waals surface area contributed by atoms with E-state index in [0.29, 0.717) is 12.2 Å². The van der Waals surface area contributed by atoms with Crippen molar-refractivity contribution in [3.05, 3.63) is 0 Å². The standard InChI is InChI=1S/C47H83N15O15S/c1-9-23(5)36(45(76)54-21-34(67)68)61-41(72)28(14-16-33(65)66)59-40(71)27(13-15-31(48)63)58-39(70)26(12-11-18-53-47(51)52)57-43(74)30(20-32(49)64)60-46(77)37(24(6)10-2)62-42(73)29(17-19-78-8)56-38(69)25(7)55-44(75)35(50)22(3)4/h22-30,35-37H,9-21,50H2,1-8H3,(H2,48,63)(H2,49,64)(H,54,76)(H,55,75)(H,56,69)(H,57,74)(H,58,70)(H,59,71)(H,60,77)(H,61,72)(H,62,73)(H,65,66)(H,67,68)(H4,51,52,53)/t23-,24-,25-,26-,27-,28-,29-,30-,35-,36-,37-/m0/s1. The Morgan fingerprint density at radius 3 is 1.37 bits per heavy atom. The van der Waals surface area contributed by atoms with Crippen LogP contribution in [0, 0.1) is 23.2 Å².